The van der Waals surface area contributed by atoms with Gasteiger partial charge in [0, 0.05) is 22.5 Å². The molecule has 1 nitrogen and oxygen atoms in total. The molecule has 1 fully saturated rings. The highest BCUT2D eigenvalue weighted by molar-refractivity contribution is 5.97. The van der Waals surface area contributed by atoms with Crippen LogP contribution < -0.4 is 4.90 Å². The summed E-state index contributed by atoms with van der Waals surface area (Å²) in [6, 6.07) is 57.2. The van der Waals surface area contributed by atoms with Gasteiger partial charge in [0.05, 0.1) is 0 Å². The van der Waals surface area contributed by atoms with Crippen LogP contribution in [0.15, 0.2) is 152 Å². The zero-order chi connectivity index (χ0) is 37.0. The molecule has 0 atom stereocenters. The molecule has 7 aromatic rings. The minimum absolute atomic E-state index is 0.0565. The van der Waals surface area contributed by atoms with E-state index in [1.807, 2.05) is 0 Å². The Morgan fingerprint density at radius 1 is 0.500 bits per heavy atom. The van der Waals surface area contributed by atoms with E-state index in [1.54, 1.807) is 0 Å². The summed E-state index contributed by atoms with van der Waals surface area (Å²) in [5.74, 6) is 0.678. The Labute approximate surface area is 322 Å². The third-order valence-electron chi connectivity index (χ3n) is 12.4. The van der Waals surface area contributed by atoms with Crippen LogP contribution in [-0.4, -0.2) is 0 Å². The van der Waals surface area contributed by atoms with Crippen molar-refractivity contribution >= 4 is 27.8 Å². The van der Waals surface area contributed by atoms with Crippen LogP contribution in [0, 0.1) is 0 Å². The average Bonchev–Trinajstić information content (AvgIpc) is 3.44. The van der Waals surface area contributed by atoms with Gasteiger partial charge in [0.2, 0.25) is 0 Å². The molecule has 54 heavy (non-hydrogen) atoms. The first-order valence-electron chi connectivity index (χ1n) is 20.0. The van der Waals surface area contributed by atoms with E-state index in [-0.39, 0.29) is 10.8 Å². The van der Waals surface area contributed by atoms with Crippen molar-refractivity contribution in [2.24, 2.45) is 0 Å². The van der Waals surface area contributed by atoms with Gasteiger partial charge in [0.15, 0.2) is 0 Å². The normalized spacial score (nSPS) is 15.2. The van der Waals surface area contributed by atoms with E-state index in [9.17, 15) is 0 Å². The molecule has 0 aliphatic heterocycles. The molecule has 0 unspecified atom stereocenters. The minimum Gasteiger partial charge on any atom is -0.310 e. The molecular weight excluding hydrogens is 651 g/mol. The Bertz CT molecular complexity index is 2450. The number of anilines is 3. The summed E-state index contributed by atoms with van der Waals surface area (Å²) in [6.45, 7) is 11.8. The lowest BCUT2D eigenvalue weighted by Crippen LogP contribution is -2.17. The molecule has 7 aromatic carbocycles. The molecule has 0 aromatic heterocycles. The number of hydrogen-bond donors (Lipinski definition) is 0. The standard InChI is InChI=1S/C53H51N/c1-52(2,3)48-21-14-22-49-51(48)45-32-31-44(35-50(45)53(49,4)5)54(42-27-23-37(24-28-42)36-15-8-6-9-16-36)43-29-25-39(26-30-43)47-34-41-20-13-12-19-40(41)33-46(47)38-17-10-7-11-18-38/h7,10-14,17-36H,6,8-9,15-16H2,1-5H3. The van der Waals surface area contributed by atoms with Crippen molar-refractivity contribution < 1.29 is 0 Å². The fourth-order valence-electron chi connectivity index (χ4n) is 9.44. The summed E-state index contributed by atoms with van der Waals surface area (Å²) >= 11 is 0. The molecular formula is C53H51N. The Kier molecular flexibility index (Phi) is 8.57. The highest BCUT2D eigenvalue weighted by Crippen LogP contribution is 2.53. The van der Waals surface area contributed by atoms with Crippen LogP contribution in [-0.2, 0) is 10.8 Å². The first-order chi connectivity index (χ1) is 26.2. The molecule has 9 rings (SSSR count). The molecule has 2 aliphatic carbocycles. The van der Waals surface area contributed by atoms with E-state index in [2.05, 4.69) is 191 Å². The monoisotopic (exact) mass is 701 g/mol. The molecule has 0 radical (unpaired) electrons. The van der Waals surface area contributed by atoms with Gasteiger partial charge >= 0.3 is 0 Å². The Morgan fingerprint density at radius 3 is 1.70 bits per heavy atom. The summed E-state index contributed by atoms with van der Waals surface area (Å²) in [5, 5.41) is 2.52. The average molecular weight is 702 g/mol. The van der Waals surface area contributed by atoms with Crippen LogP contribution in [0.1, 0.15) is 94.9 Å². The second kappa shape index (κ2) is 13.5. The number of hydrogen-bond acceptors (Lipinski definition) is 1. The van der Waals surface area contributed by atoms with Crippen molar-refractivity contribution in [3.63, 3.8) is 0 Å². The van der Waals surface area contributed by atoms with Crippen molar-refractivity contribution in [1.82, 2.24) is 0 Å². The summed E-state index contributed by atoms with van der Waals surface area (Å²) in [7, 11) is 0. The summed E-state index contributed by atoms with van der Waals surface area (Å²) in [6.07, 6.45) is 6.68. The third-order valence-corrected chi connectivity index (χ3v) is 12.4. The van der Waals surface area contributed by atoms with E-state index >= 15 is 0 Å². The van der Waals surface area contributed by atoms with Crippen LogP contribution in [0.3, 0.4) is 0 Å². The smallest absolute Gasteiger partial charge is 0.0465 e. The highest BCUT2D eigenvalue weighted by atomic mass is 15.1. The van der Waals surface area contributed by atoms with Crippen LogP contribution >= 0.6 is 0 Å². The topological polar surface area (TPSA) is 3.24 Å². The van der Waals surface area contributed by atoms with E-state index in [4.69, 9.17) is 0 Å². The predicted molar refractivity (Wildman–Crippen MR) is 232 cm³/mol. The van der Waals surface area contributed by atoms with Crippen LogP contribution in [0.4, 0.5) is 17.1 Å². The summed E-state index contributed by atoms with van der Waals surface area (Å²) < 4.78 is 0. The first-order valence-corrected chi connectivity index (χ1v) is 20.0. The lowest BCUT2D eigenvalue weighted by molar-refractivity contribution is 0.443. The summed E-state index contributed by atoms with van der Waals surface area (Å²) in [4.78, 5) is 2.47. The number of rotatable bonds is 6. The van der Waals surface area contributed by atoms with Gasteiger partial charge in [-0.3, -0.25) is 0 Å². The van der Waals surface area contributed by atoms with Gasteiger partial charge in [-0.25, -0.2) is 0 Å². The van der Waals surface area contributed by atoms with E-state index in [1.165, 1.54) is 110 Å². The number of benzene rings is 7. The first kappa shape index (κ1) is 34.4. The van der Waals surface area contributed by atoms with Crippen LogP contribution in [0.25, 0.3) is 44.2 Å². The Morgan fingerprint density at radius 2 is 1.07 bits per heavy atom. The van der Waals surface area contributed by atoms with Crippen molar-refractivity contribution in [2.45, 2.75) is 83.5 Å². The van der Waals surface area contributed by atoms with Gasteiger partial charge in [0.1, 0.15) is 0 Å². The molecule has 1 heteroatoms. The lowest BCUT2D eigenvalue weighted by Gasteiger charge is -2.29. The Balaban J connectivity index is 1.17. The third kappa shape index (κ3) is 6.05. The van der Waals surface area contributed by atoms with E-state index in [0.717, 1.165) is 5.69 Å². The van der Waals surface area contributed by atoms with Crippen LogP contribution in [0.2, 0.25) is 0 Å². The second-order valence-electron chi connectivity index (χ2n) is 17.3. The maximum absolute atomic E-state index is 2.47. The highest BCUT2D eigenvalue weighted by Gasteiger charge is 2.39. The molecule has 0 spiro atoms. The maximum atomic E-state index is 2.47. The minimum atomic E-state index is -0.105. The second-order valence-corrected chi connectivity index (χ2v) is 17.3. The van der Waals surface area contributed by atoms with Gasteiger partial charge in [-0.1, -0.05) is 157 Å². The fourth-order valence-corrected chi connectivity index (χ4v) is 9.44. The molecule has 268 valence electrons. The number of fused-ring (bicyclic) bond motifs is 4. The molecule has 0 heterocycles. The van der Waals surface area contributed by atoms with Crippen LogP contribution in [0.5, 0.6) is 0 Å². The SMILES string of the molecule is CC(C)(C)c1cccc2c1-c1ccc(N(c3ccc(-c4cc5ccccc5cc4-c4ccccc4)cc3)c3ccc(C4CCCCC4)cc3)cc1C2(C)C. The zero-order valence-electron chi connectivity index (χ0n) is 32.5. The van der Waals surface area contributed by atoms with Gasteiger partial charge in [0.25, 0.3) is 0 Å². The Hall–Kier alpha value is -5.40. The molecule has 0 N–H and O–H groups in total. The van der Waals surface area contributed by atoms with Crippen molar-refractivity contribution in [2.75, 3.05) is 4.90 Å². The quantitative estimate of drug-likeness (QED) is 0.167. The van der Waals surface area contributed by atoms with Crippen molar-refractivity contribution in [1.29, 1.82) is 0 Å². The van der Waals surface area contributed by atoms with Gasteiger partial charge < -0.3 is 4.90 Å². The van der Waals surface area contributed by atoms with E-state index in [0.29, 0.717) is 5.92 Å². The predicted octanol–water partition coefficient (Wildman–Crippen LogP) is 15.3. The lowest BCUT2D eigenvalue weighted by atomic mass is 9.79. The molecule has 0 bridgehead atoms. The van der Waals surface area contributed by atoms with Crippen molar-refractivity contribution in [3.05, 3.63) is 174 Å². The summed E-state index contributed by atoms with van der Waals surface area (Å²) in [5.41, 5.74) is 17.0. The van der Waals surface area contributed by atoms with Gasteiger partial charge in [-0.2, -0.15) is 0 Å². The van der Waals surface area contributed by atoms with Crippen molar-refractivity contribution in [3.8, 4) is 33.4 Å². The molecule has 0 saturated heterocycles. The zero-order valence-corrected chi connectivity index (χ0v) is 32.5. The number of nitrogens with zero attached hydrogens (tertiary/aromatic N) is 1. The molecule has 0 amide bonds. The fraction of sp³-hybridized carbons (Fsp3) is 0.245. The van der Waals surface area contributed by atoms with Gasteiger partial charge in [-0.05, 0) is 139 Å². The molecule has 1 saturated carbocycles. The van der Waals surface area contributed by atoms with E-state index < -0.39 is 0 Å². The van der Waals surface area contributed by atoms with Gasteiger partial charge in [-0.15, -0.1) is 0 Å². The molecule has 2 aliphatic rings. The maximum Gasteiger partial charge on any atom is 0.0465 e. The largest absolute Gasteiger partial charge is 0.310 e.